The van der Waals surface area contributed by atoms with Gasteiger partial charge in [-0.15, -0.1) is 0 Å². The fraction of sp³-hybridized carbons (Fsp3) is 0.455. The summed E-state index contributed by atoms with van der Waals surface area (Å²) in [7, 11) is 0. The molecule has 16 heavy (non-hydrogen) atoms. The number of rotatable bonds is 3. The van der Waals surface area contributed by atoms with Crippen molar-refractivity contribution in [1.82, 2.24) is 14.5 Å². The molecule has 2 aromatic rings. The Labute approximate surface area is 94.3 Å². The van der Waals surface area contributed by atoms with Crippen molar-refractivity contribution in [3.8, 4) is 0 Å². The first-order chi connectivity index (χ1) is 7.47. The number of hydrogen-bond acceptors (Lipinski definition) is 4. The van der Waals surface area contributed by atoms with Gasteiger partial charge in [-0.3, -0.25) is 0 Å². The molecule has 0 radical (unpaired) electrons. The highest BCUT2D eigenvalue weighted by Crippen LogP contribution is 2.17. The zero-order chi connectivity index (χ0) is 11.8. The number of nitrogens with two attached hydrogens (primary N) is 1. The molecule has 0 saturated carbocycles. The van der Waals surface area contributed by atoms with E-state index in [2.05, 4.69) is 9.97 Å². The summed E-state index contributed by atoms with van der Waals surface area (Å²) in [6.07, 6.45) is 5.22. The number of oxazole rings is 1. The number of nitrogens with zero attached hydrogens (tertiary/aromatic N) is 3. The van der Waals surface area contributed by atoms with Crippen LogP contribution in [0.25, 0.3) is 0 Å². The minimum atomic E-state index is -0.419. The van der Waals surface area contributed by atoms with Crippen LogP contribution in [0.5, 0.6) is 0 Å². The second-order valence-corrected chi connectivity index (χ2v) is 4.49. The molecule has 0 unspecified atom stereocenters. The van der Waals surface area contributed by atoms with Crippen LogP contribution in [0.3, 0.4) is 0 Å². The van der Waals surface area contributed by atoms with E-state index >= 15 is 0 Å². The van der Waals surface area contributed by atoms with E-state index < -0.39 is 5.54 Å². The van der Waals surface area contributed by atoms with Crippen molar-refractivity contribution in [2.24, 2.45) is 5.73 Å². The first-order valence-electron chi connectivity index (χ1n) is 5.17. The smallest absolute Gasteiger partial charge is 0.214 e. The summed E-state index contributed by atoms with van der Waals surface area (Å²) in [5.41, 5.74) is 6.59. The van der Waals surface area contributed by atoms with E-state index in [-0.39, 0.29) is 0 Å². The maximum absolute atomic E-state index is 6.05. The molecule has 2 heterocycles. The lowest BCUT2D eigenvalue weighted by Crippen LogP contribution is -2.31. The van der Waals surface area contributed by atoms with Crippen molar-refractivity contribution in [2.45, 2.75) is 32.9 Å². The molecule has 2 aromatic heterocycles. The van der Waals surface area contributed by atoms with Gasteiger partial charge in [0.1, 0.15) is 12.3 Å². The Kier molecular flexibility index (Phi) is 2.55. The minimum absolute atomic E-state index is 0.419. The molecule has 0 amide bonds. The largest absolute Gasteiger partial charge is 0.444 e. The van der Waals surface area contributed by atoms with Crippen LogP contribution >= 0.6 is 0 Å². The quantitative estimate of drug-likeness (QED) is 0.849. The molecule has 0 spiro atoms. The first-order valence-corrected chi connectivity index (χ1v) is 5.17. The molecule has 0 aliphatic heterocycles. The van der Waals surface area contributed by atoms with E-state index in [1.165, 1.54) is 0 Å². The first kappa shape index (κ1) is 10.9. The molecule has 0 saturated heterocycles. The lowest BCUT2D eigenvalue weighted by molar-refractivity contribution is 0.437. The highest BCUT2D eigenvalue weighted by molar-refractivity contribution is 5.11. The van der Waals surface area contributed by atoms with Crippen LogP contribution in [0, 0.1) is 6.92 Å². The van der Waals surface area contributed by atoms with Crippen LogP contribution in [0.1, 0.15) is 31.2 Å². The third-order valence-corrected chi connectivity index (χ3v) is 2.35. The van der Waals surface area contributed by atoms with Gasteiger partial charge in [0, 0.05) is 6.20 Å². The zero-order valence-corrected chi connectivity index (χ0v) is 9.77. The predicted octanol–water partition coefficient (Wildman–Crippen LogP) is 1.42. The number of aryl methyl sites for hydroxylation is 1. The highest BCUT2D eigenvalue weighted by atomic mass is 16.4. The molecule has 86 valence electrons. The maximum Gasteiger partial charge on any atom is 0.214 e. The SMILES string of the molecule is Cc1cnc(Cn2cncc2C(C)(C)N)o1. The van der Waals surface area contributed by atoms with Gasteiger partial charge in [-0.2, -0.15) is 0 Å². The average molecular weight is 220 g/mol. The minimum Gasteiger partial charge on any atom is -0.444 e. The molecule has 2 N–H and O–H groups in total. The Morgan fingerprint density at radius 2 is 2.19 bits per heavy atom. The van der Waals surface area contributed by atoms with Gasteiger partial charge in [-0.05, 0) is 20.8 Å². The second-order valence-electron chi connectivity index (χ2n) is 4.49. The standard InChI is InChI=1S/C11H16N4O/c1-8-4-14-10(16-8)6-15-7-13-5-9(15)11(2,3)12/h4-5,7H,6,12H2,1-3H3. The Bertz CT molecular complexity index is 478. The van der Waals surface area contributed by atoms with Gasteiger partial charge in [-0.1, -0.05) is 0 Å². The summed E-state index contributed by atoms with van der Waals surface area (Å²) in [5, 5.41) is 0. The topological polar surface area (TPSA) is 69.9 Å². The third-order valence-electron chi connectivity index (χ3n) is 2.35. The normalized spacial score (nSPS) is 12.0. The monoisotopic (exact) mass is 220 g/mol. The Balaban J connectivity index is 2.25. The summed E-state index contributed by atoms with van der Waals surface area (Å²) >= 11 is 0. The predicted molar refractivity (Wildman–Crippen MR) is 59.8 cm³/mol. The van der Waals surface area contributed by atoms with Crippen LogP contribution in [0.15, 0.2) is 23.1 Å². The fourth-order valence-electron chi connectivity index (χ4n) is 1.60. The van der Waals surface area contributed by atoms with Gasteiger partial charge in [0.25, 0.3) is 0 Å². The molecule has 0 aromatic carbocycles. The van der Waals surface area contributed by atoms with Crippen molar-refractivity contribution in [2.75, 3.05) is 0 Å². The molecular formula is C11H16N4O. The Morgan fingerprint density at radius 1 is 1.44 bits per heavy atom. The molecule has 5 nitrogen and oxygen atoms in total. The number of hydrogen-bond donors (Lipinski definition) is 1. The van der Waals surface area contributed by atoms with Crippen LogP contribution in [0.4, 0.5) is 0 Å². The molecule has 0 atom stereocenters. The second kappa shape index (κ2) is 3.75. The average Bonchev–Trinajstić information content (AvgIpc) is 2.74. The van der Waals surface area contributed by atoms with Crippen LogP contribution in [-0.2, 0) is 12.1 Å². The van der Waals surface area contributed by atoms with Crippen molar-refractivity contribution in [3.63, 3.8) is 0 Å². The molecule has 0 aliphatic carbocycles. The number of aromatic nitrogens is 3. The Morgan fingerprint density at radius 3 is 2.75 bits per heavy atom. The lowest BCUT2D eigenvalue weighted by atomic mass is 10.0. The molecule has 2 rings (SSSR count). The van der Waals surface area contributed by atoms with Crippen molar-refractivity contribution in [1.29, 1.82) is 0 Å². The van der Waals surface area contributed by atoms with E-state index in [1.807, 2.05) is 25.3 Å². The fourth-order valence-corrected chi connectivity index (χ4v) is 1.60. The van der Waals surface area contributed by atoms with Crippen LogP contribution < -0.4 is 5.73 Å². The van der Waals surface area contributed by atoms with Crippen LogP contribution in [-0.4, -0.2) is 14.5 Å². The summed E-state index contributed by atoms with van der Waals surface area (Å²) in [6.45, 7) is 6.32. The summed E-state index contributed by atoms with van der Waals surface area (Å²) in [6, 6.07) is 0. The third kappa shape index (κ3) is 2.14. The van der Waals surface area contributed by atoms with Gasteiger partial charge >= 0.3 is 0 Å². The van der Waals surface area contributed by atoms with Gasteiger partial charge in [-0.25, -0.2) is 9.97 Å². The highest BCUT2D eigenvalue weighted by Gasteiger charge is 2.19. The molecule has 0 bridgehead atoms. The maximum atomic E-state index is 6.05. The van der Waals surface area contributed by atoms with E-state index in [9.17, 15) is 0 Å². The molecule has 0 fully saturated rings. The number of imidazole rings is 1. The van der Waals surface area contributed by atoms with Gasteiger partial charge in [0.05, 0.1) is 23.8 Å². The van der Waals surface area contributed by atoms with E-state index in [1.54, 1.807) is 18.7 Å². The summed E-state index contributed by atoms with van der Waals surface area (Å²) < 4.78 is 7.37. The van der Waals surface area contributed by atoms with Gasteiger partial charge < -0.3 is 14.7 Å². The van der Waals surface area contributed by atoms with E-state index in [0.29, 0.717) is 12.4 Å². The van der Waals surface area contributed by atoms with E-state index in [4.69, 9.17) is 10.2 Å². The molecule has 0 aliphatic rings. The van der Waals surface area contributed by atoms with Gasteiger partial charge in [0.15, 0.2) is 0 Å². The summed E-state index contributed by atoms with van der Waals surface area (Å²) in [5.74, 6) is 1.48. The van der Waals surface area contributed by atoms with Crippen molar-refractivity contribution < 1.29 is 4.42 Å². The van der Waals surface area contributed by atoms with Gasteiger partial charge in [0.2, 0.25) is 5.89 Å². The van der Waals surface area contributed by atoms with Crippen molar-refractivity contribution >= 4 is 0 Å². The van der Waals surface area contributed by atoms with Crippen LogP contribution in [0.2, 0.25) is 0 Å². The molecule has 5 heteroatoms. The zero-order valence-electron chi connectivity index (χ0n) is 9.77. The lowest BCUT2D eigenvalue weighted by Gasteiger charge is -2.19. The molecular weight excluding hydrogens is 204 g/mol. The Hall–Kier alpha value is -1.62. The summed E-state index contributed by atoms with van der Waals surface area (Å²) in [4.78, 5) is 8.26. The van der Waals surface area contributed by atoms with E-state index in [0.717, 1.165) is 11.5 Å². The van der Waals surface area contributed by atoms with Crippen molar-refractivity contribution in [3.05, 3.63) is 36.1 Å².